The topological polar surface area (TPSA) is 119 Å². The fourth-order valence-electron chi connectivity index (χ4n) is 2.74. The summed E-state index contributed by atoms with van der Waals surface area (Å²) in [6, 6.07) is 5.08. The standard InChI is InChI=1S/C19H27N3O6/c1-12(2)21(13(3)4)19(25)14(5)28-17(23)10-11-20-18(24)15-6-8-16(9-7-15)22(26)27/h6-9,12-14H,10-11H2,1-5H3,(H,20,24)/t14-/m0/s1. The Hall–Kier alpha value is -2.97. The van der Waals surface area contributed by atoms with Crippen molar-refractivity contribution < 1.29 is 24.0 Å². The van der Waals surface area contributed by atoms with Gasteiger partial charge >= 0.3 is 5.97 Å². The number of esters is 1. The number of benzene rings is 1. The predicted molar refractivity (Wildman–Crippen MR) is 103 cm³/mol. The fraction of sp³-hybridized carbons (Fsp3) is 0.526. The molecule has 1 aromatic rings. The van der Waals surface area contributed by atoms with Crippen LogP contribution in [0.1, 0.15) is 51.4 Å². The molecule has 0 bridgehead atoms. The molecule has 1 N–H and O–H groups in total. The molecule has 0 heterocycles. The molecule has 28 heavy (non-hydrogen) atoms. The quantitative estimate of drug-likeness (QED) is 0.391. The molecular formula is C19H27N3O6. The van der Waals surface area contributed by atoms with Gasteiger partial charge in [0.1, 0.15) is 0 Å². The first-order chi connectivity index (χ1) is 13.0. The maximum absolute atomic E-state index is 12.4. The van der Waals surface area contributed by atoms with Crippen LogP contribution in [0.25, 0.3) is 0 Å². The number of hydrogen-bond donors (Lipinski definition) is 1. The van der Waals surface area contributed by atoms with E-state index in [0.717, 1.165) is 0 Å². The molecule has 1 atom stereocenters. The lowest BCUT2D eigenvalue weighted by Crippen LogP contribution is -2.47. The highest BCUT2D eigenvalue weighted by Gasteiger charge is 2.27. The van der Waals surface area contributed by atoms with Crippen molar-refractivity contribution >= 4 is 23.5 Å². The molecular weight excluding hydrogens is 366 g/mol. The molecule has 9 heteroatoms. The van der Waals surface area contributed by atoms with Crippen LogP contribution in [0.15, 0.2) is 24.3 Å². The van der Waals surface area contributed by atoms with Gasteiger partial charge in [0.25, 0.3) is 17.5 Å². The number of carbonyl (C=O) groups is 3. The molecule has 1 rings (SSSR count). The Morgan fingerprint density at radius 2 is 1.61 bits per heavy atom. The summed E-state index contributed by atoms with van der Waals surface area (Å²) in [7, 11) is 0. The lowest BCUT2D eigenvalue weighted by atomic mass is 10.2. The normalized spacial score (nSPS) is 11.8. The highest BCUT2D eigenvalue weighted by Crippen LogP contribution is 2.12. The van der Waals surface area contributed by atoms with Crippen LogP contribution in [0.2, 0.25) is 0 Å². The first-order valence-electron chi connectivity index (χ1n) is 9.08. The van der Waals surface area contributed by atoms with Crippen molar-refractivity contribution in [2.24, 2.45) is 0 Å². The molecule has 0 aliphatic carbocycles. The number of nitrogens with one attached hydrogen (secondary N) is 1. The maximum atomic E-state index is 12.4. The molecule has 0 radical (unpaired) electrons. The number of rotatable bonds is 9. The second-order valence-corrected chi connectivity index (χ2v) is 6.87. The third-order valence-electron chi connectivity index (χ3n) is 3.98. The van der Waals surface area contributed by atoms with Crippen LogP contribution >= 0.6 is 0 Å². The van der Waals surface area contributed by atoms with Crippen molar-refractivity contribution in [3.63, 3.8) is 0 Å². The van der Waals surface area contributed by atoms with E-state index in [1.54, 1.807) is 4.90 Å². The van der Waals surface area contributed by atoms with Crippen LogP contribution in [0, 0.1) is 10.1 Å². The van der Waals surface area contributed by atoms with E-state index in [0.29, 0.717) is 0 Å². The summed E-state index contributed by atoms with van der Waals surface area (Å²) >= 11 is 0. The third-order valence-corrected chi connectivity index (χ3v) is 3.98. The minimum atomic E-state index is -0.914. The summed E-state index contributed by atoms with van der Waals surface area (Å²) in [6.45, 7) is 9.10. The number of amides is 2. The van der Waals surface area contributed by atoms with E-state index in [2.05, 4.69) is 5.32 Å². The lowest BCUT2D eigenvalue weighted by Gasteiger charge is -2.32. The van der Waals surface area contributed by atoms with E-state index in [1.165, 1.54) is 31.2 Å². The van der Waals surface area contributed by atoms with Gasteiger partial charge in [0.2, 0.25) is 0 Å². The third kappa shape index (κ3) is 6.64. The van der Waals surface area contributed by atoms with Crippen molar-refractivity contribution in [3.8, 4) is 0 Å². The van der Waals surface area contributed by atoms with Crippen molar-refractivity contribution in [1.82, 2.24) is 10.2 Å². The first kappa shape index (κ1) is 23.1. The molecule has 0 fully saturated rings. The van der Waals surface area contributed by atoms with E-state index >= 15 is 0 Å². The highest BCUT2D eigenvalue weighted by molar-refractivity contribution is 5.94. The van der Waals surface area contributed by atoms with Gasteiger partial charge in [0.05, 0.1) is 11.3 Å². The van der Waals surface area contributed by atoms with Gasteiger partial charge in [-0.05, 0) is 46.8 Å². The van der Waals surface area contributed by atoms with Gasteiger partial charge in [-0.2, -0.15) is 0 Å². The van der Waals surface area contributed by atoms with E-state index in [1.807, 2.05) is 27.7 Å². The van der Waals surface area contributed by atoms with Gasteiger partial charge in [-0.1, -0.05) is 0 Å². The smallest absolute Gasteiger partial charge is 0.308 e. The molecule has 0 spiro atoms. The van der Waals surface area contributed by atoms with Crippen LogP contribution < -0.4 is 5.32 Å². The molecule has 0 aromatic heterocycles. The fourth-order valence-corrected chi connectivity index (χ4v) is 2.74. The number of non-ortho nitro benzene ring substituents is 1. The van der Waals surface area contributed by atoms with Crippen LogP contribution in [0.5, 0.6) is 0 Å². The van der Waals surface area contributed by atoms with Crippen LogP contribution in [0.4, 0.5) is 5.69 Å². The van der Waals surface area contributed by atoms with E-state index in [9.17, 15) is 24.5 Å². The average molecular weight is 393 g/mol. The number of nitro benzene ring substituents is 1. The summed E-state index contributed by atoms with van der Waals surface area (Å²) < 4.78 is 5.17. The zero-order chi connectivity index (χ0) is 21.4. The minimum absolute atomic E-state index is 0.0189. The second kappa shape index (κ2) is 10.4. The van der Waals surface area contributed by atoms with Gasteiger partial charge in [0, 0.05) is 36.3 Å². The number of nitro groups is 1. The van der Waals surface area contributed by atoms with Crippen molar-refractivity contribution in [1.29, 1.82) is 0 Å². The molecule has 154 valence electrons. The highest BCUT2D eigenvalue weighted by atomic mass is 16.6. The molecule has 2 amide bonds. The van der Waals surface area contributed by atoms with Gasteiger partial charge in [0.15, 0.2) is 6.10 Å². The summed E-state index contributed by atoms with van der Waals surface area (Å²) in [5.74, 6) is -1.33. The molecule has 1 aromatic carbocycles. The molecule has 0 unspecified atom stereocenters. The van der Waals surface area contributed by atoms with Gasteiger partial charge in [-0.3, -0.25) is 24.5 Å². The second-order valence-electron chi connectivity index (χ2n) is 6.87. The van der Waals surface area contributed by atoms with Gasteiger partial charge < -0.3 is 15.0 Å². The Labute approximate surface area is 164 Å². The monoisotopic (exact) mass is 393 g/mol. The molecule has 0 aliphatic rings. The molecule has 0 saturated carbocycles. The van der Waals surface area contributed by atoms with Crippen molar-refractivity contribution in [2.45, 2.75) is 59.2 Å². The minimum Gasteiger partial charge on any atom is -0.452 e. The lowest BCUT2D eigenvalue weighted by molar-refractivity contribution is -0.384. The summed E-state index contributed by atoms with van der Waals surface area (Å²) in [6.07, 6.45) is -1.01. The number of ether oxygens (including phenoxy) is 1. The number of hydrogen-bond acceptors (Lipinski definition) is 6. The Morgan fingerprint density at radius 1 is 1.07 bits per heavy atom. The zero-order valence-electron chi connectivity index (χ0n) is 16.8. The van der Waals surface area contributed by atoms with Gasteiger partial charge in [-0.25, -0.2) is 0 Å². The van der Waals surface area contributed by atoms with E-state index in [4.69, 9.17) is 4.74 Å². The SMILES string of the molecule is CC(C)N(C(=O)[C@H](C)OC(=O)CCNC(=O)c1ccc([N+](=O)[O-])cc1)C(C)C. The first-order valence-corrected chi connectivity index (χ1v) is 9.08. The summed E-state index contributed by atoms with van der Waals surface area (Å²) in [5, 5.41) is 13.1. The summed E-state index contributed by atoms with van der Waals surface area (Å²) in [4.78, 5) is 48.1. The van der Waals surface area contributed by atoms with Crippen molar-refractivity contribution in [2.75, 3.05) is 6.54 Å². The Bertz CT molecular complexity index is 707. The largest absolute Gasteiger partial charge is 0.452 e. The van der Waals surface area contributed by atoms with E-state index in [-0.39, 0.29) is 42.2 Å². The van der Waals surface area contributed by atoms with Crippen LogP contribution in [0.3, 0.4) is 0 Å². The molecule has 0 saturated heterocycles. The Kier molecular flexibility index (Phi) is 8.56. The van der Waals surface area contributed by atoms with Crippen LogP contribution in [-0.4, -0.2) is 52.3 Å². The zero-order valence-corrected chi connectivity index (χ0v) is 16.8. The Balaban J connectivity index is 2.48. The van der Waals surface area contributed by atoms with E-state index < -0.39 is 22.9 Å². The maximum Gasteiger partial charge on any atom is 0.308 e. The van der Waals surface area contributed by atoms with Crippen LogP contribution in [-0.2, 0) is 14.3 Å². The van der Waals surface area contributed by atoms with Gasteiger partial charge in [-0.15, -0.1) is 0 Å². The molecule has 9 nitrogen and oxygen atoms in total. The number of nitrogens with zero attached hydrogens (tertiary/aromatic N) is 2. The number of carbonyl (C=O) groups excluding carboxylic acids is 3. The summed E-state index contributed by atoms with van der Waals surface area (Å²) in [5.41, 5.74) is 0.127. The molecule has 0 aliphatic heterocycles. The average Bonchev–Trinajstić information content (AvgIpc) is 2.60. The van der Waals surface area contributed by atoms with Crippen molar-refractivity contribution in [3.05, 3.63) is 39.9 Å². The predicted octanol–water partition coefficient (Wildman–Crippen LogP) is 2.29. The Morgan fingerprint density at radius 3 is 2.07 bits per heavy atom.